The van der Waals surface area contributed by atoms with E-state index >= 15 is 0 Å². The maximum Gasteiger partial charge on any atom is 0.286 e. The number of fused-ring (bicyclic) bond motifs is 1. The third-order valence-electron chi connectivity index (χ3n) is 3.87. The van der Waals surface area contributed by atoms with Gasteiger partial charge in [-0.3, -0.25) is 4.79 Å². The lowest BCUT2D eigenvalue weighted by atomic mass is 10.1. The number of carbonyl (C=O) groups excluding carboxylic acids is 1. The highest BCUT2D eigenvalue weighted by Gasteiger charge is 2.37. The van der Waals surface area contributed by atoms with Crippen molar-refractivity contribution in [3.8, 4) is 6.07 Å². The van der Waals surface area contributed by atoms with Gasteiger partial charge in [-0.15, -0.1) is 0 Å². The fourth-order valence-corrected chi connectivity index (χ4v) is 2.83. The molecule has 2 aliphatic heterocycles. The molecule has 1 saturated heterocycles. The Morgan fingerprint density at radius 2 is 2.00 bits per heavy atom. The van der Waals surface area contributed by atoms with Gasteiger partial charge in [0.15, 0.2) is 0 Å². The van der Waals surface area contributed by atoms with E-state index in [9.17, 15) is 9.18 Å². The highest BCUT2D eigenvalue weighted by atomic mass is 19.1. The van der Waals surface area contributed by atoms with E-state index in [2.05, 4.69) is 5.10 Å². The molecule has 5 nitrogen and oxygen atoms in total. The molecule has 6 heteroatoms. The number of amides is 1. The molecule has 1 amide bonds. The second kappa shape index (κ2) is 5.52. The largest absolute Gasteiger partial charge is 0.314 e. The Morgan fingerprint density at radius 3 is 2.71 bits per heavy atom. The van der Waals surface area contributed by atoms with Gasteiger partial charge in [-0.1, -0.05) is 6.42 Å². The first kappa shape index (κ1) is 13.6. The van der Waals surface area contributed by atoms with E-state index in [1.165, 1.54) is 12.1 Å². The van der Waals surface area contributed by atoms with Gasteiger partial charge in [0.05, 0.1) is 5.69 Å². The van der Waals surface area contributed by atoms with Crippen molar-refractivity contribution >= 4 is 17.3 Å². The standard InChI is InChI=1S/C15H15FN4O/c16-11-5-7-12(8-6-11)20-14-4-2-1-3-9-19(14)15(21)13(10-17)18-20/h5-8,14H,1-4,9H2/t14-/m0/s1. The Hall–Kier alpha value is -2.42. The number of hydrogen-bond acceptors (Lipinski definition) is 4. The molecule has 0 saturated carbocycles. The van der Waals surface area contributed by atoms with Crippen LogP contribution in [-0.4, -0.2) is 29.2 Å². The average molecular weight is 286 g/mol. The summed E-state index contributed by atoms with van der Waals surface area (Å²) in [4.78, 5) is 14.0. The van der Waals surface area contributed by atoms with Crippen LogP contribution in [0.15, 0.2) is 29.4 Å². The fraction of sp³-hybridized carbons (Fsp3) is 0.400. The highest BCUT2D eigenvalue weighted by molar-refractivity contribution is 6.45. The molecule has 0 N–H and O–H groups in total. The van der Waals surface area contributed by atoms with Crippen LogP contribution in [-0.2, 0) is 4.79 Å². The Kier molecular flexibility index (Phi) is 3.57. The van der Waals surface area contributed by atoms with E-state index in [1.807, 2.05) is 6.07 Å². The number of nitrogens with zero attached hydrogens (tertiary/aromatic N) is 4. The van der Waals surface area contributed by atoms with Crippen molar-refractivity contribution in [3.05, 3.63) is 30.1 Å². The number of nitriles is 1. The van der Waals surface area contributed by atoms with Crippen molar-refractivity contribution < 1.29 is 9.18 Å². The lowest BCUT2D eigenvalue weighted by Crippen LogP contribution is -2.55. The molecule has 0 spiro atoms. The van der Waals surface area contributed by atoms with Crippen molar-refractivity contribution in [1.29, 1.82) is 5.26 Å². The molecule has 21 heavy (non-hydrogen) atoms. The summed E-state index contributed by atoms with van der Waals surface area (Å²) in [6.45, 7) is 0.627. The molecule has 108 valence electrons. The summed E-state index contributed by atoms with van der Waals surface area (Å²) >= 11 is 0. The smallest absolute Gasteiger partial charge is 0.286 e. The van der Waals surface area contributed by atoms with Crippen LogP contribution in [0.4, 0.5) is 10.1 Å². The minimum atomic E-state index is -0.325. The number of rotatable bonds is 1. The summed E-state index contributed by atoms with van der Waals surface area (Å²) in [7, 11) is 0. The molecule has 0 aliphatic carbocycles. The predicted octanol–water partition coefficient (Wildman–Crippen LogP) is 2.25. The first-order chi connectivity index (χ1) is 10.2. The molecule has 0 aromatic heterocycles. The average Bonchev–Trinajstić information content (AvgIpc) is 2.75. The van der Waals surface area contributed by atoms with Gasteiger partial charge in [-0.25, -0.2) is 9.40 Å². The van der Waals surface area contributed by atoms with Gasteiger partial charge in [0.2, 0.25) is 5.71 Å². The first-order valence-corrected chi connectivity index (χ1v) is 7.05. The number of hydrazone groups is 1. The maximum absolute atomic E-state index is 13.1. The van der Waals surface area contributed by atoms with Gasteiger partial charge in [-0.05, 0) is 43.5 Å². The Morgan fingerprint density at radius 1 is 1.24 bits per heavy atom. The lowest BCUT2D eigenvalue weighted by Gasteiger charge is -2.40. The van der Waals surface area contributed by atoms with Crippen molar-refractivity contribution in [2.24, 2.45) is 5.10 Å². The van der Waals surface area contributed by atoms with E-state index in [-0.39, 0.29) is 23.6 Å². The van der Waals surface area contributed by atoms with E-state index in [0.717, 1.165) is 25.7 Å². The van der Waals surface area contributed by atoms with Gasteiger partial charge in [0.1, 0.15) is 18.1 Å². The molecular formula is C15H15FN4O. The van der Waals surface area contributed by atoms with Crippen LogP contribution in [0.2, 0.25) is 0 Å². The SMILES string of the molecule is N#CC1=NN(c2ccc(F)cc2)[C@H]2CCCCCN2C1=O. The zero-order valence-electron chi connectivity index (χ0n) is 11.5. The Labute approximate surface area is 122 Å². The summed E-state index contributed by atoms with van der Waals surface area (Å²) < 4.78 is 13.1. The van der Waals surface area contributed by atoms with E-state index in [1.54, 1.807) is 22.0 Å². The predicted molar refractivity (Wildman–Crippen MR) is 75.9 cm³/mol. The molecular weight excluding hydrogens is 271 g/mol. The van der Waals surface area contributed by atoms with Gasteiger partial charge in [-0.2, -0.15) is 10.4 Å². The number of hydrogen-bond donors (Lipinski definition) is 0. The monoisotopic (exact) mass is 286 g/mol. The molecule has 0 unspecified atom stereocenters. The van der Waals surface area contributed by atoms with E-state index in [4.69, 9.17) is 5.26 Å². The van der Waals surface area contributed by atoms with Crippen molar-refractivity contribution in [3.63, 3.8) is 0 Å². The molecule has 0 bridgehead atoms. The summed E-state index contributed by atoms with van der Waals surface area (Å²) in [6.07, 6.45) is 3.59. The number of halogens is 1. The quantitative estimate of drug-likeness (QED) is 0.795. The normalized spacial score (nSPS) is 22.2. The minimum absolute atomic E-state index is 0.113. The molecule has 2 aliphatic rings. The molecule has 1 aromatic rings. The Balaban J connectivity index is 2.03. The van der Waals surface area contributed by atoms with Crippen LogP contribution in [0.25, 0.3) is 0 Å². The van der Waals surface area contributed by atoms with Gasteiger partial charge < -0.3 is 4.90 Å². The second-order valence-electron chi connectivity index (χ2n) is 5.21. The molecule has 3 rings (SSSR count). The molecule has 2 heterocycles. The minimum Gasteiger partial charge on any atom is -0.314 e. The molecule has 0 radical (unpaired) electrons. The second-order valence-corrected chi connectivity index (χ2v) is 5.21. The third-order valence-corrected chi connectivity index (χ3v) is 3.87. The molecule has 1 atom stereocenters. The number of anilines is 1. The van der Waals surface area contributed by atoms with Gasteiger partial charge in [0.25, 0.3) is 5.91 Å². The van der Waals surface area contributed by atoms with Crippen molar-refractivity contribution in [2.75, 3.05) is 11.6 Å². The van der Waals surface area contributed by atoms with Gasteiger partial charge in [0, 0.05) is 6.54 Å². The van der Waals surface area contributed by atoms with E-state index in [0.29, 0.717) is 12.2 Å². The van der Waals surface area contributed by atoms with Crippen LogP contribution in [0.3, 0.4) is 0 Å². The van der Waals surface area contributed by atoms with Crippen LogP contribution in [0.1, 0.15) is 25.7 Å². The van der Waals surface area contributed by atoms with Crippen molar-refractivity contribution in [2.45, 2.75) is 31.8 Å². The highest BCUT2D eigenvalue weighted by Crippen LogP contribution is 2.29. The van der Waals surface area contributed by atoms with Crippen LogP contribution in [0.5, 0.6) is 0 Å². The molecule has 1 fully saturated rings. The summed E-state index contributed by atoms with van der Waals surface area (Å²) in [5, 5.41) is 15.0. The van der Waals surface area contributed by atoms with E-state index < -0.39 is 0 Å². The fourth-order valence-electron chi connectivity index (χ4n) is 2.83. The maximum atomic E-state index is 13.1. The number of carbonyl (C=O) groups is 1. The zero-order valence-corrected chi connectivity index (χ0v) is 11.5. The molecule has 1 aromatic carbocycles. The van der Waals surface area contributed by atoms with Crippen LogP contribution >= 0.6 is 0 Å². The Bertz CT molecular complexity index is 620. The zero-order chi connectivity index (χ0) is 14.8. The van der Waals surface area contributed by atoms with Crippen molar-refractivity contribution in [1.82, 2.24) is 4.90 Å². The summed E-state index contributed by atoms with van der Waals surface area (Å²) in [6, 6.07) is 7.81. The number of benzene rings is 1. The topological polar surface area (TPSA) is 59.7 Å². The summed E-state index contributed by atoms with van der Waals surface area (Å²) in [5.41, 5.74) is 0.575. The van der Waals surface area contributed by atoms with Crippen LogP contribution in [0, 0.1) is 17.1 Å². The third kappa shape index (κ3) is 2.47. The summed E-state index contributed by atoms with van der Waals surface area (Å²) in [5.74, 6) is -0.628. The van der Waals surface area contributed by atoms with Crippen LogP contribution < -0.4 is 5.01 Å². The van der Waals surface area contributed by atoms with Gasteiger partial charge >= 0.3 is 0 Å². The first-order valence-electron chi connectivity index (χ1n) is 7.05. The lowest BCUT2D eigenvalue weighted by molar-refractivity contribution is -0.126.